The summed E-state index contributed by atoms with van der Waals surface area (Å²) in [6.45, 7) is 0. The number of hydrogen-bond acceptors (Lipinski definition) is 2. The Labute approximate surface area is 120 Å². The normalized spacial score (nSPS) is 11.4. The quantitative estimate of drug-likeness (QED) is 0.575. The van der Waals surface area contributed by atoms with E-state index in [1.54, 1.807) is 0 Å². The largest absolute Gasteiger partial charge is 0.481 e. The molecule has 0 aromatic heterocycles. The molecular formula is C15H17F3O3. The maximum Gasteiger partial charge on any atom is 0.417 e. The van der Waals surface area contributed by atoms with E-state index in [4.69, 9.17) is 5.11 Å². The molecule has 0 radical (unpaired) electrons. The molecule has 0 saturated heterocycles. The van der Waals surface area contributed by atoms with Gasteiger partial charge in [-0.1, -0.05) is 31.0 Å². The summed E-state index contributed by atoms with van der Waals surface area (Å²) in [7, 11) is 0. The third kappa shape index (κ3) is 5.97. The van der Waals surface area contributed by atoms with E-state index in [1.807, 2.05) is 0 Å². The number of rotatable bonds is 8. The van der Waals surface area contributed by atoms with Crippen LogP contribution in [0.2, 0.25) is 0 Å². The smallest absolute Gasteiger partial charge is 0.417 e. The molecule has 0 aliphatic rings. The average Bonchev–Trinajstić information content (AvgIpc) is 2.41. The number of hydrogen-bond donors (Lipinski definition) is 1. The second-order valence-corrected chi connectivity index (χ2v) is 4.77. The predicted molar refractivity (Wildman–Crippen MR) is 71.1 cm³/mol. The summed E-state index contributed by atoms with van der Waals surface area (Å²) in [5.74, 6) is -1.40. The van der Waals surface area contributed by atoms with Crippen LogP contribution < -0.4 is 0 Å². The molecule has 1 N–H and O–H groups in total. The number of carboxylic acid groups (broad SMARTS) is 1. The van der Waals surface area contributed by atoms with E-state index < -0.39 is 23.5 Å². The zero-order valence-corrected chi connectivity index (χ0v) is 11.4. The van der Waals surface area contributed by atoms with Crippen molar-refractivity contribution in [3.63, 3.8) is 0 Å². The van der Waals surface area contributed by atoms with Crippen LogP contribution >= 0.6 is 0 Å². The van der Waals surface area contributed by atoms with Gasteiger partial charge in [0.2, 0.25) is 0 Å². The Morgan fingerprint density at radius 2 is 1.52 bits per heavy atom. The molecule has 0 amide bonds. The monoisotopic (exact) mass is 302 g/mol. The first kappa shape index (κ1) is 17.2. The summed E-state index contributed by atoms with van der Waals surface area (Å²) in [6.07, 6.45) is -2.15. The van der Waals surface area contributed by atoms with Gasteiger partial charge in [0.05, 0.1) is 5.56 Å². The molecule has 116 valence electrons. The first-order valence-electron chi connectivity index (χ1n) is 6.73. The van der Waals surface area contributed by atoms with Crippen molar-refractivity contribution in [2.45, 2.75) is 44.7 Å². The Balaban J connectivity index is 2.48. The summed E-state index contributed by atoms with van der Waals surface area (Å²) in [4.78, 5) is 22.2. The number of benzene rings is 1. The summed E-state index contributed by atoms with van der Waals surface area (Å²) < 4.78 is 38.3. The molecule has 21 heavy (non-hydrogen) atoms. The zero-order valence-electron chi connectivity index (χ0n) is 11.4. The summed E-state index contributed by atoms with van der Waals surface area (Å²) in [5.41, 5.74) is -1.20. The van der Waals surface area contributed by atoms with E-state index >= 15 is 0 Å². The zero-order chi connectivity index (χ0) is 15.9. The average molecular weight is 302 g/mol. The van der Waals surface area contributed by atoms with Gasteiger partial charge >= 0.3 is 12.1 Å². The van der Waals surface area contributed by atoms with Crippen LogP contribution in [0.25, 0.3) is 0 Å². The van der Waals surface area contributed by atoms with E-state index in [9.17, 15) is 22.8 Å². The molecule has 0 unspecified atom stereocenters. The van der Waals surface area contributed by atoms with Crippen molar-refractivity contribution in [3.8, 4) is 0 Å². The molecule has 1 aromatic carbocycles. The van der Waals surface area contributed by atoms with E-state index in [0.29, 0.717) is 25.7 Å². The lowest BCUT2D eigenvalue weighted by molar-refractivity contribution is -0.138. The number of carbonyl (C=O) groups is 2. The van der Waals surface area contributed by atoms with Crippen molar-refractivity contribution < 1.29 is 27.9 Å². The molecule has 0 aliphatic heterocycles. The van der Waals surface area contributed by atoms with Gasteiger partial charge < -0.3 is 5.11 Å². The third-order valence-electron chi connectivity index (χ3n) is 3.08. The molecule has 1 rings (SSSR count). The number of halogens is 3. The maximum absolute atomic E-state index is 12.8. The Kier molecular flexibility index (Phi) is 6.39. The highest BCUT2D eigenvalue weighted by atomic mass is 19.4. The van der Waals surface area contributed by atoms with Gasteiger partial charge in [0, 0.05) is 18.4 Å². The standard InChI is InChI=1S/C15H17F3O3/c16-15(17,18)12-8-6-5-7-11(12)13(19)9-3-1-2-4-10-14(20)21/h5-8H,1-4,9-10H2,(H,20,21). The Hall–Kier alpha value is -1.85. The fraction of sp³-hybridized carbons (Fsp3) is 0.467. The summed E-state index contributed by atoms with van der Waals surface area (Å²) >= 11 is 0. The fourth-order valence-corrected chi connectivity index (χ4v) is 2.02. The summed E-state index contributed by atoms with van der Waals surface area (Å²) in [5, 5.41) is 8.45. The van der Waals surface area contributed by atoms with Crippen molar-refractivity contribution in [1.29, 1.82) is 0 Å². The van der Waals surface area contributed by atoms with Gasteiger partial charge in [-0.25, -0.2) is 0 Å². The van der Waals surface area contributed by atoms with Crippen LogP contribution in [0.15, 0.2) is 24.3 Å². The molecule has 0 aliphatic carbocycles. The number of carbonyl (C=O) groups excluding carboxylic acids is 1. The lowest BCUT2D eigenvalue weighted by atomic mass is 9.99. The number of ketones is 1. The second-order valence-electron chi connectivity index (χ2n) is 4.77. The van der Waals surface area contributed by atoms with Gasteiger partial charge in [0.1, 0.15) is 0 Å². The van der Waals surface area contributed by atoms with Crippen LogP contribution in [0.1, 0.15) is 54.4 Å². The van der Waals surface area contributed by atoms with Crippen molar-refractivity contribution in [1.82, 2.24) is 0 Å². The highest BCUT2D eigenvalue weighted by Crippen LogP contribution is 2.32. The lowest BCUT2D eigenvalue weighted by Gasteiger charge is -2.11. The van der Waals surface area contributed by atoms with Crippen LogP contribution in [0.3, 0.4) is 0 Å². The molecule has 0 bridgehead atoms. The number of aliphatic carboxylic acids is 1. The van der Waals surface area contributed by atoms with Gasteiger partial charge in [-0.05, 0) is 18.9 Å². The molecule has 0 fully saturated rings. The molecule has 1 aromatic rings. The first-order chi connectivity index (χ1) is 9.82. The number of carboxylic acids is 1. The molecule has 0 heterocycles. The van der Waals surface area contributed by atoms with E-state index in [-0.39, 0.29) is 18.4 Å². The molecule has 0 spiro atoms. The van der Waals surface area contributed by atoms with Crippen LogP contribution in [0, 0.1) is 0 Å². The van der Waals surface area contributed by atoms with Gasteiger partial charge in [-0.2, -0.15) is 13.2 Å². The van der Waals surface area contributed by atoms with E-state index in [0.717, 1.165) is 6.07 Å². The third-order valence-corrected chi connectivity index (χ3v) is 3.08. The minimum atomic E-state index is -4.53. The topological polar surface area (TPSA) is 54.4 Å². The molecule has 0 saturated carbocycles. The first-order valence-corrected chi connectivity index (χ1v) is 6.73. The van der Waals surface area contributed by atoms with Crippen LogP contribution in [0.5, 0.6) is 0 Å². The molecule has 3 nitrogen and oxygen atoms in total. The van der Waals surface area contributed by atoms with E-state index in [2.05, 4.69) is 0 Å². The molecule has 6 heteroatoms. The Morgan fingerprint density at radius 1 is 0.952 bits per heavy atom. The van der Waals surface area contributed by atoms with Gasteiger partial charge in [-0.15, -0.1) is 0 Å². The molecular weight excluding hydrogens is 285 g/mol. The fourth-order valence-electron chi connectivity index (χ4n) is 2.02. The van der Waals surface area contributed by atoms with Crippen molar-refractivity contribution in [3.05, 3.63) is 35.4 Å². The van der Waals surface area contributed by atoms with Crippen molar-refractivity contribution in [2.75, 3.05) is 0 Å². The van der Waals surface area contributed by atoms with Gasteiger partial charge in [0.15, 0.2) is 5.78 Å². The lowest BCUT2D eigenvalue weighted by Crippen LogP contribution is -2.12. The van der Waals surface area contributed by atoms with Crippen LogP contribution in [-0.4, -0.2) is 16.9 Å². The second kappa shape index (κ2) is 7.81. The molecule has 0 atom stereocenters. The SMILES string of the molecule is O=C(O)CCCCCCC(=O)c1ccccc1C(F)(F)F. The van der Waals surface area contributed by atoms with Gasteiger partial charge in [-0.3, -0.25) is 9.59 Å². The van der Waals surface area contributed by atoms with Crippen molar-refractivity contribution >= 4 is 11.8 Å². The minimum Gasteiger partial charge on any atom is -0.481 e. The minimum absolute atomic E-state index is 0.0418. The Bertz CT molecular complexity index is 495. The number of alkyl halides is 3. The number of Topliss-reactive ketones (excluding diaryl/α,β-unsaturated/α-hetero) is 1. The van der Waals surface area contributed by atoms with E-state index in [1.165, 1.54) is 18.2 Å². The van der Waals surface area contributed by atoms with Crippen molar-refractivity contribution in [2.24, 2.45) is 0 Å². The highest BCUT2D eigenvalue weighted by Gasteiger charge is 2.34. The van der Waals surface area contributed by atoms with Gasteiger partial charge in [0.25, 0.3) is 0 Å². The maximum atomic E-state index is 12.8. The summed E-state index contributed by atoms with van der Waals surface area (Å²) in [6, 6.07) is 4.76. The van der Waals surface area contributed by atoms with Crippen LogP contribution in [0.4, 0.5) is 13.2 Å². The predicted octanol–water partition coefficient (Wildman–Crippen LogP) is 4.31. The number of unbranched alkanes of at least 4 members (excludes halogenated alkanes) is 3. The van der Waals surface area contributed by atoms with Crippen LogP contribution in [-0.2, 0) is 11.0 Å². The Morgan fingerprint density at radius 3 is 2.10 bits per heavy atom. The highest BCUT2D eigenvalue weighted by molar-refractivity contribution is 5.97.